The maximum atomic E-state index is 13.8. The minimum atomic E-state index is -5.70. The first kappa shape index (κ1) is 37.7. The third-order valence-electron chi connectivity index (χ3n) is 6.56. The summed E-state index contributed by atoms with van der Waals surface area (Å²) >= 11 is 0. The predicted molar refractivity (Wildman–Crippen MR) is 151 cm³/mol. The van der Waals surface area contributed by atoms with Gasteiger partial charge in [0.15, 0.2) is 0 Å². The SMILES string of the molecule is CCC(CC)C(=O)OCOP(=O)(OCOC(=O)C(CC)CC)C(O)(CCCNC(=O)OCc1ccccc1)P(=O)(O)O. The molecule has 1 aromatic carbocycles. The van der Waals surface area contributed by atoms with Gasteiger partial charge in [-0.1, -0.05) is 58.0 Å². The Labute approximate surface area is 246 Å². The van der Waals surface area contributed by atoms with Crippen LogP contribution in [0.2, 0.25) is 0 Å². The second-order valence-corrected chi connectivity index (χ2v) is 13.8. The summed E-state index contributed by atoms with van der Waals surface area (Å²) in [5.74, 6) is -2.46. The number of benzene rings is 1. The van der Waals surface area contributed by atoms with E-state index in [1.807, 2.05) is 0 Å². The molecule has 16 heteroatoms. The Morgan fingerprint density at radius 1 is 0.833 bits per heavy atom. The van der Waals surface area contributed by atoms with E-state index in [4.69, 9.17) is 23.3 Å². The van der Waals surface area contributed by atoms with Crippen LogP contribution >= 0.6 is 15.2 Å². The van der Waals surface area contributed by atoms with E-state index in [9.17, 15) is 38.4 Å². The van der Waals surface area contributed by atoms with Gasteiger partial charge in [-0.2, -0.15) is 0 Å². The van der Waals surface area contributed by atoms with E-state index in [1.54, 1.807) is 58.0 Å². The number of ether oxygens (including phenoxy) is 3. The van der Waals surface area contributed by atoms with Gasteiger partial charge in [-0.25, -0.2) is 4.79 Å². The molecule has 0 radical (unpaired) electrons. The highest BCUT2D eigenvalue weighted by molar-refractivity contribution is 7.73. The van der Waals surface area contributed by atoms with E-state index in [0.717, 1.165) is 5.56 Å². The standard InChI is InChI=1S/C26H43NO13P2/c1-5-21(6-2)23(28)37-18-39-42(35,40-19-38-24(29)22(7-3)8-4)26(31,41(32,33)34)15-12-16-27-25(30)36-17-20-13-10-9-11-14-20/h9-11,13-14,21-22,31H,5-8,12,15-19H2,1-4H3,(H,27,30)(H2,32,33,34). The van der Waals surface area contributed by atoms with Crippen molar-refractivity contribution in [1.82, 2.24) is 5.32 Å². The van der Waals surface area contributed by atoms with Crippen LogP contribution in [0.25, 0.3) is 0 Å². The number of alkyl carbamates (subject to hydrolysis) is 1. The third-order valence-corrected chi connectivity index (χ3v) is 11.2. The Kier molecular flexibility index (Phi) is 16.5. The highest BCUT2D eigenvalue weighted by Gasteiger charge is 2.62. The van der Waals surface area contributed by atoms with E-state index < -0.39 is 70.1 Å². The number of esters is 2. The molecule has 1 atom stereocenters. The van der Waals surface area contributed by atoms with Crippen LogP contribution in [0.1, 0.15) is 71.8 Å². The fourth-order valence-electron chi connectivity index (χ4n) is 3.76. The first-order valence-electron chi connectivity index (χ1n) is 13.7. The smallest absolute Gasteiger partial charge is 0.407 e. The van der Waals surface area contributed by atoms with Crippen LogP contribution in [0.3, 0.4) is 0 Å². The van der Waals surface area contributed by atoms with Crippen molar-refractivity contribution in [1.29, 1.82) is 0 Å². The highest BCUT2D eigenvalue weighted by Crippen LogP contribution is 2.74. The summed E-state index contributed by atoms with van der Waals surface area (Å²) in [7, 11) is -11.0. The van der Waals surface area contributed by atoms with E-state index in [-0.39, 0.29) is 19.6 Å². The topological polar surface area (TPSA) is 204 Å². The number of nitrogens with one attached hydrogen (secondary N) is 1. The van der Waals surface area contributed by atoms with Gasteiger partial charge in [-0.3, -0.25) is 27.8 Å². The number of hydrogen-bond donors (Lipinski definition) is 4. The largest absolute Gasteiger partial charge is 0.445 e. The van der Waals surface area contributed by atoms with Crippen LogP contribution in [-0.2, 0) is 48.6 Å². The summed E-state index contributed by atoms with van der Waals surface area (Å²) in [6, 6.07) is 8.82. The molecule has 1 amide bonds. The summed E-state index contributed by atoms with van der Waals surface area (Å²) in [5.41, 5.74) is 0.730. The number of carbonyl (C=O) groups is 3. The lowest BCUT2D eigenvalue weighted by atomic mass is 10.0. The van der Waals surface area contributed by atoms with Crippen molar-refractivity contribution in [2.24, 2.45) is 11.8 Å². The summed E-state index contributed by atoms with van der Waals surface area (Å²) in [4.78, 5) is 56.5. The molecule has 42 heavy (non-hydrogen) atoms. The Bertz CT molecular complexity index is 1040. The van der Waals surface area contributed by atoms with Crippen LogP contribution in [0.4, 0.5) is 4.79 Å². The monoisotopic (exact) mass is 639 g/mol. The molecule has 0 saturated carbocycles. The maximum absolute atomic E-state index is 13.8. The van der Waals surface area contributed by atoms with Crippen LogP contribution in [0, 0.1) is 11.8 Å². The zero-order valence-electron chi connectivity index (χ0n) is 24.4. The molecule has 0 saturated heterocycles. The normalized spacial score (nSPS) is 13.5. The quantitative estimate of drug-likeness (QED) is 0.0506. The molecule has 0 aromatic heterocycles. The number of carbonyl (C=O) groups excluding carboxylic acids is 3. The molecule has 0 bridgehead atoms. The molecule has 4 N–H and O–H groups in total. The average molecular weight is 640 g/mol. The van der Waals surface area contributed by atoms with Crippen molar-refractivity contribution >= 4 is 33.2 Å². The van der Waals surface area contributed by atoms with Gasteiger partial charge in [0.25, 0.3) is 5.08 Å². The number of aliphatic hydroxyl groups is 1. The van der Waals surface area contributed by atoms with Crippen molar-refractivity contribution < 1.29 is 61.7 Å². The first-order chi connectivity index (χ1) is 19.8. The van der Waals surface area contributed by atoms with Crippen LogP contribution in [0.5, 0.6) is 0 Å². The van der Waals surface area contributed by atoms with Crippen LogP contribution in [0.15, 0.2) is 30.3 Å². The molecule has 0 aliphatic carbocycles. The molecular weight excluding hydrogens is 596 g/mol. The molecule has 1 aromatic rings. The van der Waals surface area contributed by atoms with Gasteiger partial charge in [-0.15, -0.1) is 0 Å². The van der Waals surface area contributed by atoms with Gasteiger partial charge in [0, 0.05) is 13.0 Å². The van der Waals surface area contributed by atoms with E-state index in [2.05, 4.69) is 5.32 Å². The number of rotatable bonds is 20. The second-order valence-electron chi connectivity index (χ2n) is 9.36. The fraction of sp³-hybridized carbons (Fsp3) is 0.654. The lowest BCUT2D eigenvalue weighted by Crippen LogP contribution is -2.34. The molecule has 1 unspecified atom stereocenters. The van der Waals surface area contributed by atoms with E-state index >= 15 is 0 Å². The molecule has 14 nitrogen and oxygen atoms in total. The van der Waals surface area contributed by atoms with Gasteiger partial charge in [-0.05, 0) is 37.7 Å². The first-order valence-corrected chi connectivity index (χ1v) is 16.9. The van der Waals surface area contributed by atoms with Gasteiger partial charge in [0.2, 0.25) is 13.6 Å². The fourth-order valence-corrected chi connectivity index (χ4v) is 7.14. The Morgan fingerprint density at radius 3 is 1.74 bits per heavy atom. The van der Waals surface area contributed by atoms with Gasteiger partial charge in [0.1, 0.15) is 6.61 Å². The number of amides is 1. The minimum Gasteiger partial charge on any atom is -0.445 e. The van der Waals surface area contributed by atoms with Crippen LogP contribution < -0.4 is 5.32 Å². The summed E-state index contributed by atoms with van der Waals surface area (Å²) < 4.78 is 51.3. The van der Waals surface area contributed by atoms with E-state index in [0.29, 0.717) is 25.7 Å². The lowest BCUT2D eigenvalue weighted by Gasteiger charge is -2.34. The predicted octanol–water partition coefficient (Wildman–Crippen LogP) is 4.62. The molecule has 0 aliphatic heterocycles. The summed E-state index contributed by atoms with van der Waals surface area (Å²) in [6.07, 6.45) is -0.318. The molecule has 240 valence electrons. The molecule has 0 heterocycles. The van der Waals surface area contributed by atoms with Crippen molar-refractivity contribution in [2.45, 2.75) is 77.9 Å². The van der Waals surface area contributed by atoms with Gasteiger partial charge < -0.3 is 34.4 Å². The van der Waals surface area contributed by atoms with Gasteiger partial charge >= 0.3 is 33.2 Å². The lowest BCUT2D eigenvalue weighted by molar-refractivity contribution is -0.158. The highest BCUT2D eigenvalue weighted by atomic mass is 31.2. The molecule has 1 rings (SSSR count). The second kappa shape index (κ2) is 18.4. The molecule has 0 aliphatic rings. The van der Waals surface area contributed by atoms with Gasteiger partial charge in [0.05, 0.1) is 11.8 Å². The van der Waals surface area contributed by atoms with Crippen molar-refractivity contribution in [3.8, 4) is 0 Å². The van der Waals surface area contributed by atoms with Crippen molar-refractivity contribution in [2.75, 3.05) is 20.1 Å². The number of hydrogen-bond acceptors (Lipinski definition) is 11. The van der Waals surface area contributed by atoms with Crippen molar-refractivity contribution in [3.63, 3.8) is 0 Å². The Morgan fingerprint density at radius 2 is 1.31 bits per heavy atom. The minimum absolute atomic E-state index is 0.0265. The Hall–Kier alpha value is -2.31. The molecular formula is C26H43NO13P2. The Balaban J connectivity index is 2.99. The average Bonchev–Trinajstić information content (AvgIpc) is 2.95. The summed E-state index contributed by atoms with van der Waals surface area (Å²) in [5, 5.41) is 10.0. The summed E-state index contributed by atoms with van der Waals surface area (Å²) in [6.45, 7) is 4.57. The molecule has 0 fully saturated rings. The maximum Gasteiger partial charge on any atom is 0.407 e. The third kappa shape index (κ3) is 11.4. The van der Waals surface area contributed by atoms with E-state index in [1.165, 1.54) is 0 Å². The van der Waals surface area contributed by atoms with Crippen LogP contribution in [-0.4, -0.2) is 58.1 Å². The zero-order valence-corrected chi connectivity index (χ0v) is 26.2. The molecule has 0 spiro atoms. The van der Waals surface area contributed by atoms with Crippen molar-refractivity contribution in [3.05, 3.63) is 35.9 Å². The zero-order chi connectivity index (χ0) is 31.8.